The van der Waals surface area contributed by atoms with Gasteiger partial charge in [-0.3, -0.25) is 33.9 Å². The van der Waals surface area contributed by atoms with Gasteiger partial charge in [-0.05, 0) is 176 Å². The maximum absolute atomic E-state index is 12.5. The first-order chi connectivity index (χ1) is 58.4. The number of hydrogen-bond donors (Lipinski definition) is 7. The van der Waals surface area contributed by atoms with Gasteiger partial charge in [0.15, 0.2) is 23.0 Å². The molecule has 3 saturated heterocycles. The molecule has 15 rings (SSSR count). The highest BCUT2D eigenvalue weighted by molar-refractivity contribution is 7.17. The number of Topliss-reactive ketones (excluding diaryl/α,β-unsaturated/α-hetero) is 3. The highest BCUT2D eigenvalue weighted by atomic mass is 35.5. The smallest absolute Gasteiger partial charge is 0.292 e. The molecule has 0 saturated carbocycles. The zero-order valence-corrected chi connectivity index (χ0v) is 74.3. The predicted octanol–water partition coefficient (Wildman–Crippen LogP) is 15.7. The highest BCUT2D eigenvalue weighted by Gasteiger charge is 2.26. The van der Waals surface area contributed by atoms with Crippen molar-refractivity contribution in [2.45, 2.75) is 116 Å². The van der Waals surface area contributed by atoms with Gasteiger partial charge in [0, 0.05) is 133 Å². The number of nitrogens with two attached hydrogens (primary N) is 4. The highest BCUT2D eigenvalue weighted by Crippen LogP contribution is 2.37. The molecule has 4 aromatic carbocycles. The molecule has 0 spiro atoms. The molecule has 0 bridgehead atoms. The molecule has 1 amide bonds. The molecular formula is C84H98Cl4N20O9S4. The normalized spacial score (nSPS) is 15.3. The summed E-state index contributed by atoms with van der Waals surface area (Å²) < 4.78 is 25.4. The zero-order chi connectivity index (χ0) is 85.6. The second-order valence-corrected chi connectivity index (χ2v) is 34.9. The van der Waals surface area contributed by atoms with Crippen LogP contribution in [0.15, 0.2) is 139 Å². The summed E-state index contributed by atoms with van der Waals surface area (Å²) in [5, 5.41) is 19.2. The van der Waals surface area contributed by atoms with Crippen molar-refractivity contribution in [1.29, 1.82) is 0 Å². The van der Waals surface area contributed by atoms with Gasteiger partial charge in [0.25, 0.3) is 35.2 Å². The standard InChI is InChI=1S/C22H26ClN5O2S.C21H24ClN5O2S.C21H25ClN4O3S.C20H23ClN6O2S/c1-27(2)17-5-7-28(8-6-17)11-16-13-31-21(25-16)14-3-4-18(23)15(9-14)10-20(29)19-12-30-22(24)26-19;1-24-15-3-2-6-27(10-15)11-20-25-9-19(30-20)13-4-5-16(22)14(7-13)8-18(28)17-12-29-21(23)26-17;1-3-26(4-2)8-5-9-28-21-24-12-19(30-21)14-6-7-16(22)15(10-14)11-18(27)17-13-29-20(23)25-17;1-23-13-3-2-6-27(8-13)9-14-11-30-19(24-14)12-4-5-15(21)16(7-12)25-18(28)17-10-29-20(22)26-17/h3-4,9,12-13,17H,5-8,10-11H2,1-2H3,(H2,24,26);4-5,7,9,12,15,24H,2-3,6,8,10-11H2,1H3,(H2,23,26);6-7,10,12-13H,3-5,8-9,11H2,1-2H3,(H2,23,25);4-5,7,10-11,13,23H,2-3,6,8-9H2,1H3,(H2,22,26)(H,25,28). The summed E-state index contributed by atoms with van der Waals surface area (Å²) in [6.45, 7) is 17.1. The fraction of sp³-hybridized carbons (Fsp3) is 0.381. The minimum Gasteiger partial charge on any atom is -0.470 e. The number of ketones is 3. The molecule has 11 heterocycles. The number of halogens is 4. The Kier molecular flexibility index (Phi) is 33.1. The molecule has 3 fully saturated rings. The van der Waals surface area contributed by atoms with Crippen molar-refractivity contribution < 1.29 is 41.6 Å². The topological polar surface area (TPSA) is 390 Å². The number of thiazole rings is 4. The van der Waals surface area contributed by atoms with Gasteiger partial charge in [0.1, 0.15) is 57.2 Å². The molecule has 3 aliphatic heterocycles. The van der Waals surface area contributed by atoms with E-state index in [4.69, 9.17) is 102 Å². The second kappa shape index (κ2) is 44.1. The molecule has 2 atom stereocenters. The second-order valence-electron chi connectivity index (χ2n) is 29.5. The number of nitrogen functional groups attached to an aromatic ring is 4. The van der Waals surface area contributed by atoms with Crippen molar-refractivity contribution in [2.24, 2.45) is 0 Å². The van der Waals surface area contributed by atoms with Crippen LogP contribution in [0.25, 0.3) is 42.0 Å². The number of aromatic nitrogens is 8. The molecular weight excluding hydrogens is 1700 g/mol. The van der Waals surface area contributed by atoms with Crippen molar-refractivity contribution in [1.82, 2.24) is 75.0 Å². The number of anilines is 5. The SMILES string of the molecule is CCN(CC)CCCOc1ncc(-c2ccc(Cl)c(CC(=O)c3coc(N)n3)c2)s1.CN(C)C1CCN(Cc2csc(-c3ccc(Cl)c(CC(=O)c4coc(N)n4)c3)n2)CC1.CNC1CCCN(Cc2csc(-c3ccc(Cl)c(NC(=O)c4coc(N)n4)c3)n2)C1.CNC1CCCN(Cc2ncc(-c3ccc(Cl)c(CC(=O)c4coc(N)n4)c3)s2)C1. The van der Waals surface area contributed by atoms with Crippen LogP contribution in [-0.4, -0.2) is 199 Å². The number of nitrogens with zero attached hydrogens (tertiary/aromatic N) is 13. The first-order valence-electron chi connectivity index (χ1n) is 39.7. The number of benzene rings is 4. The Morgan fingerprint density at radius 2 is 0.967 bits per heavy atom. The van der Waals surface area contributed by atoms with Crippen molar-refractivity contribution >= 4 is 145 Å². The van der Waals surface area contributed by atoms with Crippen molar-refractivity contribution in [3.63, 3.8) is 0 Å². The summed E-state index contributed by atoms with van der Waals surface area (Å²) in [4.78, 5) is 97.8. The van der Waals surface area contributed by atoms with E-state index in [0.717, 1.165) is 155 Å². The predicted molar refractivity (Wildman–Crippen MR) is 481 cm³/mol. The molecule has 8 aromatic heterocycles. The number of carbonyl (C=O) groups is 4. The number of ether oxygens (including phenoxy) is 1. The molecule has 29 nitrogen and oxygen atoms in total. The van der Waals surface area contributed by atoms with Gasteiger partial charge in [-0.15, -0.1) is 34.0 Å². The largest absolute Gasteiger partial charge is 0.470 e. The third-order valence-electron chi connectivity index (χ3n) is 20.8. The molecule has 640 valence electrons. The Morgan fingerprint density at radius 3 is 1.44 bits per heavy atom. The van der Waals surface area contributed by atoms with E-state index in [2.05, 4.69) is 109 Å². The lowest BCUT2D eigenvalue weighted by Gasteiger charge is -2.34. The van der Waals surface area contributed by atoms with Crippen LogP contribution in [-0.2, 0) is 38.9 Å². The van der Waals surface area contributed by atoms with E-state index in [1.807, 2.05) is 81.0 Å². The summed E-state index contributed by atoms with van der Waals surface area (Å²) in [5.41, 5.74) is 31.0. The lowest BCUT2D eigenvalue weighted by Crippen LogP contribution is -2.43. The number of likely N-dealkylation sites (tertiary alicyclic amines) is 3. The fourth-order valence-electron chi connectivity index (χ4n) is 14.0. The van der Waals surface area contributed by atoms with Crippen LogP contribution >= 0.6 is 91.8 Å². The third-order valence-corrected chi connectivity index (χ3v) is 26.1. The molecule has 2 unspecified atom stereocenters. The molecule has 11 N–H and O–H groups in total. The lowest BCUT2D eigenvalue weighted by atomic mass is 10.0. The number of rotatable bonds is 31. The Hall–Kier alpha value is -9.40. The van der Waals surface area contributed by atoms with Crippen LogP contribution < -0.4 is 43.6 Å². The Bertz CT molecular complexity index is 5250. The van der Waals surface area contributed by atoms with Gasteiger partial charge in [-0.25, -0.2) is 19.9 Å². The lowest BCUT2D eigenvalue weighted by molar-refractivity contribution is 0.0980. The number of amides is 1. The first-order valence-corrected chi connectivity index (χ1v) is 44.6. The molecule has 37 heteroatoms. The van der Waals surface area contributed by atoms with Gasteiger partial charge < -0.3 is 71.1 Å². The number of likely N-dealkylation sites (N-methyl/N-ethyl adjacent to an activating group) is 2. The summed E-state index contributed by atoms with van der Waals surface area (Å²) in [6.07, 6.45) is 17.2. The van der Waals surface area contributed by atoms with Gasteiger partial charge >= 0.3 is 0 Å². The third kappa shape index (κ3) is 26.1. The molecule has 3 aliphatic rings. The summed E-state index contributed by atoms with van der Waals surface area (Å²) in [7, 11) is 8.35. The van der Waals surface area contributed by atoms with Crippen LogP contribution in [0.2, 0.25) is 20.1 Å². The first kappa shape index (κ1) is 90.8. The van der Waals surface area contributed by atoms with E-state index >= 15 is 0 Å². The summed E-state index contributed by atoms with van der Waals surface area (Å²) >= 11 is 31.6. The maximum atomic E-state index is 12.5. The quantitative estimate of drug-likeness (QED) is 0.0157. The minimum absolute atomic E-state index is 0.0230. The van der Waals surface area contributed by atoms with E-state index < -0.39 is 5.91 Å². The van der Waals surface area contributed by atoms with Crippen LogP contribution in [0, 0.1) is 0 Å². The number of carbonyl (C=O) groups excluding carboxylic acids is 4. The summed E-state index contributed by atoms with van der Waals surface area (Å²) in [5.74, 6) is -1.04. The minimum atomic E-state index is -0.446. The number of nitrogens with one attached hydrogen (secondary N) is 3. The van der Waals surface area contributed by atoms with E-state index in [0.29, 0.717) is 61.3 Å². The number of oxazole rings is 4. The van der Waals surface area contributed by atoms with Crippen molar-refractivity contribution in [3.05, 3.63) is 197 Å². The maximum Gasteiger partial charge on any atom is 0.292 e. The molecule has 0 radical (unpaired) electrons. The van der Waals surface area contributed by atoms with Crippen molar-refractivity contribution in [3.8, 4) is 47.2 Å². The van der Waals surface area contributed by atoms with Crippen molar-refractivity contribution in [2.75, 3.05) is 122 Å². The van der Waals surface area contributed by atoms with Crippen LogP contribution in [0.1, 0.15) is 134 Å². The van der Waals surface area contributed by atoms with E-state index in [-0.39, 0.29) is 83.4 Å². The van der Waals surface area contributed by atoms with E-state index in [1.54, 1.807) is 52.3 Å². The van der Waals surface area contributed by atoms with Crippen LogP contribution in [0.4, 0.5) is 29.7 Å². The molecule has 121 heavy (non-hydrogen) atoms. The van der Waals surface area contributed by atoms with Crippen LogP contribution in [0.5, 0.6) is 5.19 Å². The number of hydrogen-bond acceptors (Lipinski definition) is 32. The molecule has 12 aromatic rings. The number of piperidine rings is 3. The Labute approximate surface area is 737 Å². The van der Waals surface area contributed by atoms with E-state index in [9.17, 15) is 19.2 Å². The molecule has 0 aliphatic carbocycles. The van der Waals surface area contributed by atoms with Gasteiger partial charge in [0.2, 0.25) is 0 Å². The Balaban J connectivity index is 0.000000148. The fourth-order valence-corrected chi connectivity index (χ4v) is 18.1. The Morgan fingerprint density at radius 1 is 0.529 bits per heavy atom. The van der Waals surface area contributed by atoms with E-state index in [1.165, 1.54) is 74.9 Å². The van der Waals surface area contributed by atoms with Crippen LogP contribution in [0.3, 0.4) is 0 Å². The summed E-state index contributed by atoms with van der Waals surface area (Å²) in [6, 6.07) is 24.0. The monoisotopic (exact) mass is 1800 g/mol. The van der Waals surface area contributed by atoms with Gasteiger partial charge in [-0.1, -0.05) is 95.9 Å². The average Bonchev–Trinajstić information content (AvgIpc) is 1.75. The van der Waals surface area contributed by atoms with Gasteiger partial charge in [0.05, 0.1) is 45.0 Å². The van der Waals surface area contributed by atoms with Gasteiger partial charge in [-0.2, -0.15) is 19.9 Å². The average molecular weight is 1800 g/mol. The zero-order valence-electron chi connectivity index (χ0n) is 68.0.